The van der Waals surface area contributed by atoms with Crippen molar-refractivity contribution in [1.29, 1.82) is 0 Å². The molecule has 2 N–H and O–H groups in total. The first-order chi connectivity index (χ1) is 12.1. The maximum Gasteiger partial charge on any atom is 0.318 e. The molecule has 2 heterocycles. The van der Waals surface area contributed by atoms with Gasteiger partial charge in [-0.15, -0.1) is 0 Å². The number of carbonyl (C=O) groups is 2. The van der Waals surface area contributed by atoms with Crippen LogP contribution in [0.2, 0.25) is 0 Å². The molecule has 1 atom stereocenters. The number of carbonyl (C=O) groups excluding carboxylic acids is 2. The summed E-state index contributed by atoms with van der Waals surface area (Å²) in [5.74, 6) is 0.796. The van der Waals surface area contributed by atoms with Crippen molar-refractivity contribution in [1.82, 2.24) is 10.2 Å². The van der Waals surface area contributed by atoms with Gasteiger partial charge in [-0.05, 0) is 31.2 Å². The summed E-state index contributed by atoms with van der Waals surface area (Å²) < 4.78 is 5.15. The summed E-state index contributed by atoms with van der Waals surface area (Å²) in [6.45, 7) is 7.32. The van der Waals surface area contributed by atoms with Gasteiger partial charge in [0.15, 0.2) is 0 Å². The van der Waals surface area contributed by atoms with E-state index in [2.05, 4.69) is 12.2 Å². The van der Waals surface area contributed by atoms with Crippen molar-refractivity contribution in [3.8, 4) is 5.75 Å². The van der Waals surface area contributed by atoms with E-state index in [4.69, 9.17) is 4.74 Å². The molecule has 1 aromatic carbocycles. The van der Waals surface area contributed by atoms with Gasteiger partial charge >= 0.3 is 6.03 Å². The molecule has 0 spiro atoms. The van der Waals surface area contributed by atoms with E-state index < -0.39 is 0 Å². The van der Waals surface area contributed by atoms with E-state index in [1.807, 2.05) is 29.2 Å². The first kappa shape index (κ1) is 17.5. The smallest absolute Gasteiger partial charge is 0.318 e. The van der Waals surface area contributed by atoms with Gasteiger partial charge in [0.2, 0.25) is 5.91 Å². The van der Waals surface area contributed by atoms with Crippen LogP contribution in [0.4, 0.5) is 10.5 Å². The largest absolute Gasteiger partial charge is 0.497 e. The number of amides is 3. The average Bonchev–Trinajstić information content (AvgIpc) is 3.02. The van der Waals surface area contributed by atoms with Gasteiger partial charge in [0.1, 0.15) is 5.75 Å². The minimum atomic E-state index is -0.140. The Hall–Kier alpha value is -2.28. The van der Waals surface area contributed by atoms with Gasteiger partial charge < -0.3 is 24.8 Å². The Morgan fingerprint density at radius 2 is 1.96 bits per heavy atom. The topological polar surface area (TPSA) is 66.3 Å². The van der Waals surface area contributed by atoms with Crippen molar-refractivity contribution in [2.24, 2.45) is 0 Å². The van der Waals surface area contributed by atoms with Gasteiger partial charge in [-0.3, -0.25) is 4.79 Å². The van der Waals surface area contributed by atoms with E-state index in [0.29, 0.717) is 13.0 Å². The second-order valence-electron chi connectivity index (χ2n) is 6.64. The third-order valence-electron chi connectivity index (χ3n) is 5.09. The zero-order chi connectivity index (χ0) is 17.8. The van der Waals surface area contributed by atoms with Gasteiger partial charge in [-0.25, -0.2) is 4.79 Å². The SMILES string of the molecule is CC[NH+]1CCN(C(=O)N[C@@H]2CC(=O)N(c3ccc(OC)cc3)C2)CC1. The van der Waals surface area contributed by atoms with Crippen LogP contribution in [0.25, 0.3) is 0 Å². The Morgan fingerprint density at radius 1 is 1.28 bits per heavy atom. The Morgan fingerprint density at radius 3 is 2.56 bits per heavy atom. The Bertz CT molecular complexity index is 611. The second-order valence-corrected chi connectivity index (χ2v) is 6.64. The minimum absolute atomic E-state index is 0.0377. The highest BCUT2D eigenvalue weighted by Crippen LogP contribution is 2.24. The lowest BCUT2D eigenvalue weighted by Gasteiger charge is -2.32. The van der Waals surface area contributed by atoms with E-state index in [1.165, 1.54) is 4.90 Å². The first-order valence-electron chi connectivity index (χ1n) is 8.94. The molecule has 0 unspecified atom stereocenters. The number of ether oxygens (including phenoxy) is 1. The van der Waals surface area contributed by atoms with Crippen LogP contribution in [0.15, 0.2) is 24.3 Å². The van der Waals surface area contributed by atoms with Crippen LogP contribution in [0, 0.1) is 0 Å². The van der Waals surface area contributed by atoms with E-state index in [0.717, 1.165) is 44.2 Å². The number of hydrogen-bond donors (Lipinski definition) is 2. The molecule has 7 heteroatoms. The van der Waals surface area contributed by atoms with E-state index >= 15 is 0 Å². The summed E-state index contributed by atoms with van der Waals surface area (Å²) in [7, 11) is 1.61. The monoisotopic (exact) mass is 347 g/mol. The third-order valence-corrected chi connectivity index (χ3v) is 5.09. The van der Waals surface area contributed by atoms with Gasteiger partial charge in [0.25, 0.3) is 0 Å². The van der Waals surface area contributed by atoms with Crippen LogP contribution in [-0.2, 0) is 4.79 Å². The summed E-state index contributed by atoms with van der Waals surface area (Å²) in [5.41, 5.74) is 0.836. The Balaban J connectivity index is 1.54. The highest BCUT2D eigenvalue weighted by molar-refractivity contribution is 5.96. The Kier molecular flexibility index (Phi) is 5.43. The molecular weight excluding hydrogens is 320 g/mol. The van der Waals surface area contributed by atoms with Crippen LogP contribution in [-0.4, -0.2) is 69.3 Å². The van der Waals surface area contributed by atoms with Crippen LogP contribution in [0.3, 0.4) is 0 Å². The highest BCUT2D eigenvalue weighted by Gasteiger charge is 2.33. The molecular formula is C18H27N4O3+. The fourth-order valence-corrected chi connectivity index (χ4v) is 3.46. The van der Waals surface area contributed by atoms with Crippen molar-refractivity contribution < 1.29 is 19.2 Å². The summed E-state index contributed by atoms with van der Waals surface area (Å²) in [4.78, 5) is 29.9. The molecule has 1 aromatic rings. The van der Waals surface area contributed by atoms with E-state index in [1.54, 1.807) is 12.0 Å². The molecule has 25 heavy (non-hydrogen) atoms. The molecule has 0 radical (unpaired) electrons. The lowest BCUT2D eigenvalue weighted by molar-refractivity contribution is -0.902. The van der Waals surface area contributed by atoms with E-state index in [9.17, 15) is 9.59 Å². The van der Waals surface area contributed by atoms with Crippen LogP contribution >= 0.6 is 0 Å². The fraction of sp³-hybridized carbons (Fsp3) is 0.556. The lowest BCUT2D eigenvalue weighted by Crippen LogP contribution is -3.14. The summed E-state index contributed by atoms with van der Waals surface area (Å²) in [6, 6.07) is 7.22. The van der Waals surface area contributed by atoms with Crippen LogP contribution in [0.1, 0.15) is 13.3 Å². The van der Waals surface area contributed by atoms with Gasteiger partial charge in [-0.1, -0.05) is 0 Å². The van der Waals surface area contributed by atoms with Crippen molar-refractivity contribution in [2.45, 2.75) is 19.4 Å². The van der Waals surface area contributed by atoms with Crippen molar-refractivity contribution in [2.75, 3.05) is 51.3 Å². The molecule has 0 aliphatic carbocycles. The summed E-state index contributed by atoms with van der Waals surface area (Å²) >= 11 is 0. The number of rotatable bonds is 4. The number of anilines is 1. The number of hydrogen-bond acceptors (Lipinski definition) is 3. The van der Waals surface area contributed by atoms with Crippen LogP contribution < -0.4 is 19.9 Å². The minimum Gasteiger partial charge on any atom is -0.497 e. The van der Waals surface area contributed by atoms with Gasteiger partial charge in [0.05, 0.1) is 45.9 Å². The number of likely N-dealkylation sites (N-methyl/N-ethyl adjacent to an activating group) is 1. The molecule has 0 aromatic heterocycles. The number of quaternary nitrogens is 1. The normalized spacial score (nSPS) is 21.5. The van der Waals surface area contributed by atoms with Crippen molar-refractivity contribution in [3.05, 3.63) is 24.3 Å². The number of nitrogens with one attached hydrogen (secondary N) is 2. The van der Waals surface area contributed by atoms with Gasteiger partial charge in [0, 0.05) is 18.7 Å². The van der Waals surface area contributed by atoms with E-state index in [-0.39, 0.29) is 18.0 Å². The standard InChI is InChI=1S/C18H26N4O3/c1-3-20-8-10-21(11-9-20)18(24)19-14-12-17(23)22(13-14)15-4-6-16(25-2)7-5-15/h4-7,14H,3,8-13H2,1-2H3,(H,19,24)/p+1/t14-/m1/s1. The maximum atomic E-state index is 12.4. The number of benzene rings is 1. The molecule has 0 saturated carbocycles. The average molecular weight is 347 g/mol. The third kappa shape index (κ3) is 4.04. The molecule has 3 rings (SSSR count). The van der Waals surface area contributed by atoms with Crippen molar-refractivity contribution >= 4 is 17.6 Å². The molecule has 2 aliphatic heterocycles. The maximum absolute atomic E-state index is 12.4. The molecule has 2 saturated heterocycles. The first-order valence-corrected chi connectivity index (χ1v) is 8.94. The Labute approximate surface area is 148 Å². The predicted octanol–water partition coefficient (Wildman–Crippen LogP) is -0.269. The van der Waals surface area contributed by atoms with Crippen LogP contribution in [0.5, 0.6) is 5.75 Å². The number of urea groups is 1. The molecule has 7 nitrogen and oxygen atoms in total. The molecule has 136 valence electrons. The molecule has 2 fully saturated rings. The zero-order valence-corrected chi connectivity index (χ0v) is 15.0. The number of piperazine rings is 1. The fourth-order valence-electron chi connectivity index (χ4n) is 3.46. The van der Waals surface area contributed by atoms with Gasteiger partial charge in [-0.2, -0.15) is 0 Å². The van der Waals surface area contributed by atoms with Crippen molar-refractivity contribution in [3.63, 3.8) is 0 Å². The molecule has 2 aliphatic rings. The quantitative estimate of drug-likeness (QED) is 0.788. The summed E-state index contributed by atoms with van der Waals surface area (Å²) in [6.07, 6.45) is 0.345. The predicted molar refractivity (Wildman–Crippen MR) is 95.1 cm³/mol. The zero-order valence-electron chi connectivity index (χ0n) is 15.0. The molecule has 0 bridgehead atoms. The number of nitrogens with zero attached hydrogens (tertiary/aromatic N) is 2. The summed E-state index contributed by atoms with van der Waals surface area (Å²) in [5, 5.41) is 3.02. The number of methoxy groups -OCH3 is 1. The second kappa shape index (κ2) is 7.74. The highest BCUT2D eigenvalue weighted by atomic mass is 16.5. The lowest BCUT2D eigenvalue weighted by atomic mass is 10.2. The molecule has 3 amide bonds.